The van der Waals surface area contributed by atoms with Gasteiger partial charge in [-0.1, -0.05) is 262 Å². The van der Waals surface area contributed by atoms with Crippen LogP contribution in [0.25, 0.3) is 0 Å². The minimum atomic E-state index is -0.770. The molecule has 6 nitrogen and oxygen atoms in total. The van der Waals surface area contributed by atoms with E-state index in [4.69, 9.17) is 14.2 Å². The molecule has 378 valence electrons. The van der Waals surface area contributed by atoms with Gasteiger partial charge in [-0.05, 0) is 57.8 Å². The van der Waals surface area contributed by atoms with Crippen LogP contribution in [0.2, 0.25) is 0 Å². The second kappa shape index (κ2) is 54.0. The Morgan fingerprint density at radius 2 is 0.600 bits per heavy atom. The molecule has 0 aliphatic heterocycles. The molecule has 0 saturated heterocycles. The van der Waals surface area contributed by atoms with Crippen molar-refractivity contribution < 1.29 is 28.6 Å². The molecule has 0 aliphatic carbocycles. The van der Waals surface area contributed by atoms with E-state index in [0.29, 0.717) is 19.3 Å². The Labute approximate surface area is 403 Å². The van der Waals surface area contributed by atoms with Crippen molar-refractivity contribution in [3.05, 3.63) is 48.6 Å². The predicted molar refractivity (Wildman–Crippen MR) is 279 cm³/mol. The molecule has 0 aliphatic rings. The molecule has 0 spiro atoms. The molecule has 0 saturated carbocycles. The topological polar surface area (TPSA) is 78.9 Å². The number of hydrogen-bond acceptors (Lipinski definition) is 6. The lowest BCUT2D eigenvalue weighted by Crippen LogP contribution is -2.30. The fourth-order valence-electron chi connectivity index (χ4n) is 8.14. The zero-order valence-electron chi connectivity index (χ0n) is 43.3. The van der Waals surface area contributed by atoms with Gasteiger partial charge in [0.1, 0.15) is 13.2 Å². The molecule has 1 unspecified atom stereocenters. The van der Waals surface area contributed by atoms with Crippen molar-refractivity contribution >= 4 is 17.9 Å². The third-order valence-electron chi connectivity index (χ3n) is 12.3. The molecule has 65 heavy (non-hydrogen) atoms. The van der Waals surface area contributed by atoms with Gasteiger partial charge in [0.15, 0.2) is 6.10 Å². The zero-order chi connectivity index (χ0) is 47.2. The van der Waals surface area contributed by atoms with Crippen LogP contribution >= 0.6 is 0 Å². The highest BCUT2D eigenvalue weighted by Crippen LogP contribution is 2.17. The highest BCUT2D eigenvalue weighted by Gasteiger charge is 2.19. The summed E-state index contributed by atoms with van der Waals surface area (Å²) in [6, 6.07) is 0. The van der Waals surface area contributed by atoms with Crippen LogP contribution in [0, 0.1) is 0 Å². The Kier molecular flexibility index (Phi) is 51.8. The number of ether oxygens (including phenoxy) is 3. The smallest absolute Gasteiger partial charge is 0.306 e. The number of rotatable bonds is 51. The Hall–Kier alpha value is -2.63. The number of carbonyl (C=O) groups is 3. The Balaban J connectivity index is 4.14. The van der Waals surface area contributed by atoms with Crippen molar-refractivity contribution in [3.8, 4) is 0 Å². The molecule has 1 atom stereocenters. The van der Waals surface area contributed by atoms with Crippen molar-refractivity contribution in [2.45, 2.75) is 297 Å². The van der Waals surface area contributed by atoms with E-state index in [2.05, 4.69) is 69.4 Å². The van der Waals surface area contributed by atoms with Gasteiger partial charge in [-0.2, -0.15) is 0 Å². The van der Waals surface area contributed by atoms with E-state index in [-0.39, 0.29) is 31.1 Å². The molecule has 0 bridgehead atoms. The number of unbranched alkanes of at least 4 members (excludes halogenated alkanes) is 32. The standard InChI is InChI=1S/C59H106O6/c1-4-7-10-13-16-18-20-22-24-26-28-30-32-33-35-37-39-41-43-46-49-52-58(61)64-55-56(54-63-57(60)51-48-45-15-12-9-6-3)65-59(62)53-50-47-44-42-40-38-36-34-31-29-27-25-23-21-19-17-14-11-8-5-2/h7,10,16,18,22,24,28,30,56H,4-6,8-9,11-15,17,19-21,23,25-27,29,31-55H2,1-3H3/b10-7-,18-16-,24-22-,30-28-. The Morgan fingerprint density at radius 1 is 0.323 bits per heavy atom. The monoisotopic (exact) mass is 911 g/mol. The van der Waals surface area contributed by atoms with E-state index >= 15 is 0 Å². The van der Waals surface area contributed by atoms with Crippen LogP contribution in [0.15, 0.2) is 48.6 Å². The summed E-state index contributed by atoms with van der Waals surface area (Å²) in [6.07, 6.45) is 65.6. The first-order valence-corrected chi connectivity index (χ1v) is 28.1. The SMILES string of the molecule is CC/C=C\C/C=C\C/C=C\C/C=C\CCCCCCCCCCC(=O)OCC(COC(=O)CCCCCCCC)OC(=O)CCCCCCCCCCCCCCCCCCCCCC. The molecule has 6 heteroatoms. The van der Waals surface area contributed by atoms with Gasteiger partial charge in [0.2, 0.25) is 0 Å². The number of hydrogen-bond donors (Lipinski definition) is 0. The van der Waals surface area contributed by atoms with E-state index in [9.17, 15) is 14.4 Å². The first-order chi connectivity index (χ1) is 32.0. The first-order valence-electron chi connectivity index (χ1n) is 28.1. The second-order valence-electron chi connectivity index (χ2n) is 18.8. The van der Waals surface area contributed by atoms with E-state index in [1.54, 1.807) is 0 Å². The van der Waals surface area contributed by atoms with Crippen LogP contribution in [0.5, 0.6) is 0 Å². The van der Waals surface area contributed by atoms with Gasteiger partial charge in [-0.15, -0.1) is 0 Å². The molecular weight excluding hydrogens is 805 g/mol. The third kappa shape index (κ3) is 52.2. The molecule has 0 N–H and O–H groups in total. The fourth-order valence-corrected chi connectivity index (χ4v) is 8.14. The highest BCUT2D eigenvalue weighted by atomic mass is 16.6. The summed E-state index contributed by atoms with van der Waals surface area (Å²) < 4.78 is 16.8. The maximum absolute atomic E-state index is 12.8. The van der Waals surface area contributed by atoms with Gasteiger partial charge in [0.05, 0.1) is 0 Å². The quantitative estimate of drug-likeness (QED) is 0.0262. The summed E-state index contributed by atoms with van der Waals surface area (Å²) in [5.74, 6) is -0.877. The number of allylic oxidation sites excluding steroid dienone is 8. The molecule has 0 fully saturated rings. The minimum Gasteiger partial charge on any atom is -0.462 e. The van der Waals surface area contributed by atoms with Crippen molar-refractivity contribution in [3.63, 3.8) is 0 Å². The average molecular weight is 911 g/mol. The average Bonchev–Trinajstić information content (AvgIpc) is 3.30. The first kappa shape index (κ1) is 62.4. The van der Waals surface area contributed by atoms with Crippen molar-refractivity contribution in [2.75, 3.05) is 13.2 Å². The molecule has 0 aromatic rings. The van der Waals surface area contributed by atoms with Crippen molar-refractivity contribution in [2.24, 2.45) is 0 Å². The van der Waals surface area contributed by atoms with E-state index in [1.165, 1.54) is 161 Å². The summed E-state index contributed by atoms with van der Waals surface area (Å²) in [6.45, 7) is 6.49. The number of carbonyl (C=O) groups excluding carboxylic acids is 3. The largest absolute Gasteiger partial charge is 0.462 e. The molecule has 0 rings (SSSR count). The zero-order valence-corrected chi connectivity index (χ0v) is 43.3. The minimum absolute atomic E-state index is 0.0730. The van der Waals surface area contributed by atoms with Gasteiger partial charge in [-0.3, -0.25) is 14.4 Å². The van der Waals surface area contributed by atoms with Crippen LogP contribution in [0.1, 0.15) is 290 Å². The Bertz CT molecular complexity index is 1140. The van der Waals surface area contributed by atoms with Crippen molar-refractivity contribution in [1.29, 1.82) is 0 Å². The van der Waals surface area contributed by atoms with Crippen LogP contribution in [-0.2, 0) is 28.6 Å². The molecule has 0 aromatic carbocycles. The van der Waals surface area contributed by atoms with Gasteiger partial charge in [0, 0.05) is 19.3 Å². The van der Waals surface area contributed by atoms with Crippen LogP contribution in [-0.4, -0.2) is 37.2 Å². The van der Waals surface area contributed by atoms with E-state index in [1.807, 2.05) is 0 Å². The molecular formula is C59H106O6. The summed E-state index contributed by atoms with van der Waals surface area (Å²) in [5, 5.41) is 0. The van der Waals surface area contributed by atoms with Gasteiger partial charge in [0.25, 0.3) is 0 Å². The lowest BCUT2D eigenvalue weighted by Gasteiger charge is -2.18. The predicted octanol–water partition coefficient (Wildman–Crippen LogP) is 18.7. The Morgan fingerprint density at radius 3 is 0.938 bits per heavy atom. The summed E-state index contributed by atoms with van der Waals surface area (Å²) in [5.41, 5.74) is 0. The summed E-state index contributed by atoms with van der Waals surface area (Å²) >= 11 is 0. The lowest BCUT2D eigenvalue weighted by atomic mass is 10.0. The van der Waals surface area contributed by atoms with Crippen molar-refractivity contribution in [1.82, 2.24) is 0 Å². The van der Waals surface area contributed by atoms with Gasteiger partial charge < -0.3 is 14.2 Å². The fraction of sp³-hybridized carbons (Fsp3) is 0.814. The maximum atomic E-state index is 12.8. The normalized spacial score (nSPS) is 12.4. The van der Waals surface area contributed by atoms with Gasteiger partial charge in [-0.25, -0.2) is 0 Å². The molecule has 0 aromatic heterocycles. The lowest BCUT2D eigenvalue weighted by molar-refractivity contribution is -0.167. The van der Waals surface area contributed by atoms with Crippen LogP contribution in [0.3, 0.4) is 0 Å². The second-order valence-corrected chi connectivity index (χ2v) is 18.8. The van der Waals surface area contributed by atoms with Crippen LogP contribution < -0.4 is 0 Å². The summed E-state index contributed by atoms with van der Waals surface area (Å²) in [4.78, 5) is 37.9. The van der Waals surface area contributed by atoms with E-state index < -0.39 is 6.10 Å². The molecule has 0 amide bonds. The molecule has 0 radical (unpaired) electrons. The number of esters is 3. The molecule has 0 heterocycles. The third-order valence-corrected chi connectivity index (χ3v) is 12.3. The highest BCUT2D eigenvalue weighted by molar-refractivity contribution is 5.71. The summed E-state index contributed by atoms with van der Waals surface area (Å²) in [7, 11) is 0. The maximum Gasteiger partial charge on any atom is 0.306 e. The van der Waals surface area contributed by atoms with Crippen LogP contribution in [0.4, 0.5) is 0 Å². The van der Waals surface area contributed by atoms with Gasteiger partial charge >= 0.3 is 17.9 Å². The van der Waals surface area contributed by atoms with E-state index in [0.717, 1.165) is 89.9 Å².